The molecule has 0 radical (unpaired) electrons. The number of Topliss-reactive ketones (excluding diaryl/α,β-unsaturated/α-hetero) is 1. The molecule has 0 atom stereocenters. The second kappa shape index (κ2) is 6.71. The summed E-state index contributed by atoms with van der Waals surface area (Å²) in [6, 6.07) is 0. The second-order valence-corrected chi connectivity index (χ2v) is 4.90. The van der Waals surface area contributed by atoms with E-state index in [9.17, 15) is 9.59 Å². The Morgan fingerprint density at radius 3 is 2.18 bits per heavy atom. The molecule has 1 aliphatic rings. The fourth-order valence-electron chi connectivity index (χ4n) is 1.89. The summed E-state index contributed by atoms with van der Waals surface area (Å²) < 4.78 is 0. The van der Waals surface area contributed by atoms with Gasteiger partial charge in [-0.3, -0.25) is 14.5 Å². The molecule has 5 heteroatoms. The number of ketones is 1. The van der Waals surface area contributed by atoms with E-state index >= 15 is 0 Å². The number of piperazine rings is 1. The van der Waals surface area contributed by atoms with Crippen molar-refractivity contribution in [2.75, 3.05) is 53.4 Å². The molecular formula is C12H23N3O2. The van der Waals surface area contributed by atoms with Gasteiger partial charge >= 0.3 is 0 Å². The van der Waals surface area contributed by atoms with Crippen LogP contribution in [0.1, 0.15) is 13.3 Å². The summed E-state index contributed by atoms with van der Waals surface area (Å²) in [5.74, 6) is -0.0743. The molecular weight excluding hydrogens is 218 g/mol. The van der Waals surface area contributed by atoms with Gasteiger partial charge in [0.1, 0.15) is 5.78 Å². The van der Waals surface area contributed by atoms with Crippen molar-refractivity contribution in [1.82, 2.24) is 14.7 Å². The zero-order chi connectivity index (χ0) is 12.8. The Balaban J connectivity index is 2.25. The number of hydrogen-bond acceptors (Lipinski definition) is 4. The number of rotatable bonds is 5. The van der Waals surface area contributed by atoms with Crippen molar-refractivity contribution >= 4 is 11.7 Å². The maximum Gasteiger partial charge on any atom is 0.230 e. The smallest absolute Gasteiger partial charge is 0.230 e. The molecule has 1 fully saturated rings. The Labute approximate surface area is 103 Å². The van der Waals surface area contributed by atoms with E-state index in [1.807, 2.05) is 0 Å². The highest BCUT2D eigenvalue weighted by atomic mass is 16.2. The van der Waals surface area contributed by atoms with E-state index in [1.54, 1.807) is 4.90 Å². The molecule has 1 saturated heterocycles. The van der Waals surface area contributed by atoms with Crippen LogP contribution in [-0.2, 0) is 9.59 Å². The molecule has 0 aromatic carbocycles. The molecule has 0 aliphatic carbocycles. The first-order valence-corrected chi connectivity index (χ1v) is 6.13. The molecule has 0 N–H and O–H groups in total. The van der Waals surface area contributed by atoms with Crippen LogP contribution >= 0.6 is 0 Å². The Morgan fingerprint density at radius 1 is 1.12 bits per heavy atom. The summed E-state index contributed by atoms with van der Waals surface area (Å²) in [4.78, 5) is 28.9. The van der Waals surface area contributed by atoms with Gasteiger partial charge < -0.3 is 9.80 Å². The van der Waals surface area contributed by atoms with Crippen LogP contribution in [0.15, 0.2) is 0 Å². The van der Waals surface area contributed by atoms with Crippen molar-refractivity contribution in [3.63, 3.8) is 0 Å². The van der Waals surface area contributed by atoms with Crippen LogP contribution in [0.3, 0.4) is 0 Å². The van der Waals surface area contributed by atoms with E-state index in [2.05, 4.69) is 23.9 Å². The maximum atomic E-state index is 11.7. The Bertz CT molecular complexity index is 271. The van der Waals surface area contributed by atoms with E-state index in [-0.39, 0.29) is 18.1 Å². The number of nitrogens with zero attached hydrogens (tertiary/aromatic N) is 3. The fraction of sp³-hybridized carbons (Fsp3) is 0.833. The first kappa shape index (κ1) is 14.1. The Morgan fingerprint density at radius 2 is 1.71 bits per heavy atom. The molecule has 1 amide bonds. The minimum atomic E-state index is -0.0509. The average Bonchev–Trinajstić information content (AvgIpc) is 2.26. The lowest BCUT2D eigenvalue weighted by Gasteiger charge is -2.35. The summed E-state index contributed by atoms with van der Waals surface area (Å²) in [5, 5.41) is 0. The number of likely N-dealkylation sites (N-methyl/N-ethyl adjacent to an activating group) is 1. The average molecular weight is 241 g/mol. The van der Waals surface area contributed by atoms with Crippen LogP contribution in [0.5, 0.6) is 0 Å². The molecule has 0 saturated carbocycles. The summed E-state index contributed by atoms with van der Waals surface area (Å²) in [6.45, 7) is 6.88. The van der Waals surface area contributed by atoms with Crippen molar-refractivity contribution in [3.8, 4) is 0 Å². The minimum absolute atomic E-state index is 0.0234. The third-order valence-corrected chi connectivity index (χ3v) is 2.99. The highest BCUT2D eigenvalue weighted by Gasteiger charge is 2.21. The summed E-state index contributed by atoms with van der Waals surface area (Å²) in [7, 11) is 4.12. The predicted octanol–water partition coefficient (Wildman–Crippen LogP) is -0.329. The molecule has 0 spiro atoms. The standard InChI is InChI=1S/C12H23N3O2/c1-11(16)10-12(17)15-8-6-14(7-9-15)5-4-13(2)3/h4-10H2,1-3H3. The van der Waals surface area contributed by atoms with E-state index in [0.717, 1.165) is 39.3 Å². The van der Waals surface area contributed by atoms with Crippen molar-refractivity contribution < 1.29 is 9.59 Å². The summed E-state index contributed by atoms with van der Waals surface area (Å²) in [5.41, 5.74) is 0. The lowest BCUT2D eigenvalue weighted by Crippen LogP contribution is -2.50. The normalized spacial score (nSPS) is 17.5. The summed E-state index contributed by atoms with van der Waals surface area (Å²) in [6.07, 6.45) is 0.0533. The van der Waals surface area contributed by atoms with Crippen LogP contribution in [0, 0.1) is 0 Å². The van der Waals surface area contributed by atoms with Gasteiger partial charge in [-0.25, -0.2) is 0 Å². The van der Waals surface area contributed by atoms with Gasteiger partial charge in [0.2, 0.25) is 5.91 Å². The molecule has 0 aromatic rings. The van der Waals surface area contributed by atoms with E-state index in [1.165, 1.54) is 6.92 Å². The molecule has 98 valence electrons. The Kier molecular flexibility index (Phi) is 5.58. The topological polar surface area (TPSA) is 43.9 Å². The lowest BCUT2D eigenvalue weighted by atomic mass is 10.2. The van der Waals surface area contributed by atoms with Gasteiger partial charge in [-0.05, 0) is 21.0 Å². The van der Waals surface area contributed by atoms with Crippen molar-refractivity contribution in [1.29, 1.82) is 0 Å². The predicted molar refractivity (Wildman–Crippen MR) is 66.9 cm³/mol. The Hall–Kier alpha value is -0.940. The third-order valence-electron chi connectivity index (χ3n) is 2.99. The van der Waals surface area contributed by atoms with Crippen LogP contribution in [-0.4, -0.2) is 79.8 Å². The monoisotopic (exact) mass is 241 g/mol. The van der Waals surface area contributed by atoms with Crippen molar-refractivity contribution in [2.45, 2.75) is 13.3 Å². The number of carbonyl (C=O) groups is 2. The maximum absolute atomic E-state index is 11.7. The quantitative estimate of drug-likeness (QED) is 0.618. The van der Waals surface area contributed by atoms with Gasteiger partial charge in [0.05, 0.1) is 6.42 Å². The summed E-state index contributed by atoms with van der Waals surface area (Å²) >= 11 is 0. The largest absolute Gasteiger partial charge is 0.340 e. The van der Waals surface area contributed by atoms with Crippen LogP contribution in [0.2, 0.25) is 0 Å². The van der Waals surface area contributed by atoms with Gasteiger partial charge in [-0.1, -0.05) is 0 Å². The molecule has 0 unspecified atom stereocenters. The second-order valence-electron chi connectivity index (χ2n) is 4.90. The van der Waals surface area contributed by atoms with Gasteiger partial charge in [0.25, 0.3) is 0 Å². The SMILES string of the molecule is CC(=O)CC(=O)N1CCN(CCN(C)C)CC1. The van der Waals surface area contributed by atoms with Crippen LogP contribution < -0.4 is 0 Å². The molecule has 0 aromatic heterocycles. The molecule has 1 aliphatic heterocycles. The number of carbonyl (C=O) groups excluding carboxylic acids is 2. The van der Waals surface area contributed by atoms with Gasteiger partial charge in [0.15, 0.2) is 0 Å². The third kappa shape index (κ3) is 5.28. The molecule has 5 nitrogen and oxygen atoms in total. The first-order chi connectivity index (χ1) is 7.99. The van der Waals surface area contributed by atoms with Gasteiger partial charge in [-0.15, -0.1) is 0 Å². The first-order valence-electron chi connectivity index (χ1n) is 6.13. The zero-order valence-electron chi connectivity index (χ0n) is 11.1. The minimum Gasteiger partial charge on any atom is -0.340 e. The zero-order valence-corrected chi connectivity index (χ0v) is 11.1. The lowest BCUT2D eigenvalue weighted by molar-refractivity contribution is -0.136. The van der Waals surface area contributed by atoms with Crippen molar-refractivity contribution in [2.24, 2.45) is 0 Å². The van der Waals surface area contributed by atoms with Crippen molar-refractivity contribution in [3.05, 3.63) is 0 Å². The van der Waals surface area contributed by atoms with Gasteiger partial charge in [0, 0.05) is 39.3 Å². The molecule has 1 rings (SSSR count). The van der Waals surface area contributed by atoms with E-state index in [4.69, 9.17) is 0 Å². The molecule has 17 heavy (non-hydrogen) atoms. The highest BCUT2D eigenvalue weighted by Crippen LogP contribution is 2.04. The van der Waals surface area contributed by atoms with E-state index in [0.29, 0.717) is 0 Å². The number of hydrogen-bond donors (Lipinski definition) is 0. The van der Waals surface area contributed by atoms with Crippen LogP contribution in [0.4, 0.5) is 0 Å². The fourth-order valence-corrected chi connectivity index (χ4v) is 1.89. The van der Waals surface area contributed by atoms with Gasteiger partial charge in [-0.2, -0.15) is 0 Å². The molecule has 0 bridgehead atoms. The molecule has 1 heterocycles. The number of amides is 1. The van der Waals surface area contributed by atoms with E-state index < -0.39 is 0 Å². The van der Waals surface area contributed by atoms with Crippen LogP contribution in [0.25, 0.3) is 0 Å². The highest BCUT2D eigenvalue weighted by molar-refractivity contribution is 5.96.